The predicted octanol–water partition coefficient (Wildman–Crippen LogP) is 2.96. The smallest absolute Gasteiger partial charge is 0.335 e. The van der Waals surface area contributed by atoms with Crippen molar-refractivity contribution in [2.75, 3.05) is 25.2 Å². The Hall–Kier alpha value is -3.06. The fourth-order valence-electron chi connectivity index (χ4n) is 3.23. The highest BCUT2D eigenvalue weighted by molar-refractivity contribution is 5.98. The highest BCUT2D eigenvalue weighted by Crippen LogP contribution is 2.33. The van der Waals surface area contributed by atoms with E-state index >= 15 is 0 Å². The number of carbonyl (C=O) groups is 2. The fraction of sp³-hybridized carbons (Fsp3) is 0.364. The number of ether oxygens (including phenoxy) is 4. The maximum absolute atomic E-state index is 12.4. The van der Waals surface area contributed by atoms with Crippen LogP contribution < -0.4 is 14.4 Å². The molecule has 1 amide bonds. The zero-order valence-electron chi connectivity index (χ0n) is 16.8. The molecule has 2 aromatic carbocycles. The first-order valence-corrected chi connectivity index (χ1v) is 9.52. The van der Waals surface area contributed by atoms with Gasteiger partial charge in [-0.3, -0.25) is 9.69 Å². The number of hydrogen-bond acceptors (Lipinski definition) is 6. The maximum atomic E-state index is 12.4. The average Bonchev–Trinajstić information content (AvgIpc) is 2.74. The summed E-state index contributed by atoms with van der Waals surface area (Å²) in [6, 6.07) is 14.7. The topological polar surface area (TPSA) is 74.3 Å². The van der Waals surface area contributed by atoms with E-state index in [-0.39, 0.29) is 12.5 Å². The minimum Gasteiger partial charge on any atom is -0.482 e. The molecule has 7 nitrogen and oxygen atoms in total. The van der Waals surface area contributed by atoms with Crippen LogP contribution >= 0.6 is 0 Å². The Morgan fingerprint density at radius 2 is 1.90 bits per heavy atom. The summed E-state index contributed by atoms with van der Waals surface area (Å²) in [5, 5.41) is 0. The molecule has 3 rings (SSSR count). The molecule has 1 aliphatic rings. The third kappa shape index (κ3) is 4.86. The first-order chi connectivity index (χ1) is 14.0. The van der Waals surface area contributed by atoms with Crippen LogP contribution in [0.2, 0.25) is 0 Å². The molecule has 0 saturated heterocycles. The predicted molar refractivity (Wildman–Crippen MR) is 107 cm³/mol. The van der Waals surface area contributed by atoms with E-state index in [0.29, 0.717) is 30.2 Å². The van der Waals surface area contributed by atoms with Gasteiger partial charge in [-0.1, -0.05) is 24.3 Å². The lowest BCUT2D eigenvalue weighted by molar-refractivity contribution is -0.153. The second-order valence-electron chi connectivity index (χ2n) is 6.55. The van der Waals surface area contributed by atoms with E-state index in [9.17, 15) is 9.59 Å². The molecular formula is C22H25NO6. The summed E-state index contributed by atoms with van der Waals surface area (Å²) in [6.07, 6.45) is -0.742. The van der Waals surface area contributed by atoms with E-state index in [2.05, 4.69) is 0 Å². The lowest BCUT2D eigenvalue weighted by atomic mass is 10.1. The molecule has 0 saturated carbocycles. The summed E-state index contributed by atoms with van der Waals surface area (Å²) in [7, 11) is 1.34. The van der Waals surface area contributed by atoms with Crippen LogP contribution in [0.25, 0.3) is 0 Å². The van der Waals surface area contributed by atoms with Crippen LogP contribution in [0.4, 0.5) is 5.69 Å². The van der Waals surface area contributed by atoms with Crippen LogP contribution in [0.3, 0.4) is 0 Å². The molecule has 0 aliphatic carbocycles. The molecule has 29 heavy (non-hydrogen) atoms. The Bertz CT molecular complexity index is 851. The van der Waals surface area contributed by atoms with Crippen LogP contribution in [0.5, 0.6) is 11.5 Å². The maximum Gasteiger partial charge on any atom is 0.335 e. The van der Waals surface area contributed by atoms with Gasteiger partial charge in [-0.2, -0.15) is 0 Å². The minimum atomic E-state index is -0.641. The number of benzene rings is 2. The Kier molecular flexibility index (Phi) is 6.72. The average molecular weight is 399 g/mol. The van der Waals surface area contributed by atoms with E-state index in [1.807, 2.05) is 62.4 Å². The first-order valence-electron chi connectivity index (χ1n) is 9.52. The van der Waals surface area contributed by atoms with Gasteiger partial charge in [0.2, 0.25) is 0 Å². The molecule has 0 bridgehead atoms. The van der Waals surface area contributed by atoms with E-state index < -0.39 is 18.3 Å². The number of fused-ring (bicyclic) bond motifs is 1. The van der Waals surface area contributed by atoms with Crippen molar-refractivity contribution in [1.82, 2.24) is 0 Å². The molecular weight excluding hydrogens is 374 g/mol. The van der Waals surface area contributed by atoms with Crippen molar-refractivity contribution in [3.05, 3.63) is 54.1 Å². The third-order valence-electron chi connectivity index (χ3n) is 4.59. The first kappa shape index (κ1) is 20.7. The Labute approximate surface area is 170 Å². The summed E-state index contributed by atoms with van der Waals surface area (Å²) in [6.45, 7) is 4.05. The fourth-order valence-corrected chi connectivity index (χ4v) is 3.23. The van der Waals surface area contributed by atoms with Crippen molar-refractivity contribution in [3.63, 3.8) is 0 Å². The van der Waals surface area contributed by atoms with E-state index in [4.69, 9.17) is 18.9 Å². The summed E-state index contributed by atoms with van der Waals surface area (Å²) < 4.78 is 21.7. The van der Waals surface area contributed by atoms with Crippen molar-refractivity contribution >= 4 is 17.6 Å². The molecule has 0 aromatic heterocycles. The molecule has 1 aliphatic heterocycles. The number of para-hydroxylation sites is 2. The molecule has 2 aromatic rings. The standard InChI is InChI=1S/C22H25NO6/c1-4-27-20(22(25)26-3)13-16-9-11-17(12-10-16)29-15(2)23-18-7-5-6-8-19(18)28-14-21(23)24/h5-12,15,20H,4,13-14H2,1-3H3. The minimum absolute atomic E-state index is 0.0179. The largest absolute Gasteiger partial charge is 0.482 e. The van der Waals surface area contributed by atoms with Crippen LogP contribution in [0, 0.1) is 0 Å². The second kappa shape index (κ2) is 9.43. The lowest BCUT2D eigenvalue weighted by Gasteiger charge is -2.33. The molecule has 2 atom stereocenters. The van der Waals surface area contributed by atoms with Crippen molar-refractivity contribution in [2.24, 2.45) is 0 Å². The van der Waals surface area contributed by atoms with Gasteiger partial charge in [-0.15, -0.1) is 0 Å². The van der Waals surface area contributed by atoms with Crippen molar-refractivity contribution < 1.29 is 28.5 Å². The lowest BCUT2D eigenvalue weighted by Crippen LogP contribution is -2.47. The second-order valence-corrected chi connectivity index (χ2v) is 6.55. The summed E-state index contributed by atoms with van der Waals surface area (Å²) >= 11 is 0. The van der Waals surface area contributed by atoms with Gasteiger partial charge < -0.3 is 18.9 Å². The van der Waals surface area contributed by atoms with Gasteiger partial charge in [0.25, 0.3) is 5.91 Å². The van der Waals surface area contributed by atoms with Crippen LogP contribution in [-0.4, -0.2) is 44.5 Å². The SMILES string of the molecule is CCOC(Cc1ccc(OC(C)N2C(=O)COc3ccccc32)cc1)C(=O)OC. The van der Waals surface area contributed by atoms with Crippen LogP contribution in [0.15, 0.2) is 48.5 Å². The molecule has 0 N–H and O–H groups in total. The van der Waals surface area contributed by atoms with Crippen LogP contribution in [-0.2, 0) is 25.5 Å². The number of nitrogens with zero attached hydrogens (tertiary/aromatic N) is 1. The number of anilines is 1. The highest BCUT2D eigenvalue weighted by Gasteiger charge is 2.30. The summed E-state index contributed by atoms with van der Waals surface area (Å²) in [4.78, 5) is 25.8. The number of rotatable bonds is 8. The molecule has 0 fully saturated rings. The zero-order chi connectivity index (χ0) is 20.8. The number of carbonyl (C=O) groups excluding carboxylic acids is 2. The van der Waals surface area contributed by atoms with Gasteiger partial charge in [0, 0.05) is 13.0 Å². The summed E-state index contributed by atoms with van der Waals surface area (Å²) in [5.41, 5.74) is 1.60. The Balaban J connectivity index is 1.68. The monoisotopic (exact) mass is 399 g/mol. The van der Waals surface area contributed by atoms with Gasteiger partial charge in [-0.05, 0) is 43.7 Å². The molecule has 2 unspecified atom stereocenters. The van der Waals surface area contributed by atoms with Gasteiger partial charge in [0.1, 0.15) is 11.5 Å². The van der Waals surface area contributed by atoms with Gasteiger partial charge in [-0.25, -0.2) is 4.79 Å². The van der Waals surface area contributed by atoms with Crippen LogP contribution in [0.1, 0.15) is 19.4 Å². The van der Waals surface area contributed by atoms with Crippen molar-refractivity contribution in [1.29, 1.82) is 0 Å². The third-order valence-corrected chi connectivity index (χ3v) is 4.59. The number of esters is 1. The molecule has 0 spiro atoms. The van der Waals surface area contributed by atoms with Crippen molar-refractivity contribution in [3.8, 4) is 11.5 Å². The van der Waals surface area contributed by atoms with Gasteiger partial charge in [0.15, 0.2) is 18.9 Å². The number of amides is 1. The quantitative estimate of drug-likeness (QED) is 0.636. The molecule has 1 heterocycles. The zero-order valence-corrected chi connectivity index (χ0v) is 16.8. The van der Waals surface area contributed by atoms with E-state index in [0.717, 1.165) is 5.56 Å². The normalized spacial score (nSPS) is 15.1. The van der Waals surface area contributed by atoms with Crippen molar-refractivity contribution in [2.45, 2.75) is 32.6 Å². The van der Waals surface area contributed by atoms with E-state index in [1.165, 1.54) is 7.11 Å². The van der Waals surface area contributed by atoms with E-state index in [1.54, 1.807) is 4.90 Å². The number of methoxy groups -OCH3 is 1. The van der Waals surface area contributed by atoms with Gasteiger partial charge in [0.05, 0.1) is 12.8 Å². The molecule has 7 heteroatoms. The molecule has 0 radical (unpaired) electrons. The molecule has 154 valence electrons. The highest BCUT2D eigenvalue weighted by atomic mass is 16.6. The number of hydrogen-bond donors (Lipinski definition) is 0. The Morgan fingerprint density at radius 1 is 1.17 bits per heavy atom. The van der Waals surface area contributed by atoms with Gasteiger partial charge >= 0.3 is 5.97 Å². The summed E-state index contributed by atoms with van der Waals surface area (Å²) in [5.74, 6) is 0.711. The Morgan fingerprint density at radius 3 is 2.59 bits per heavy atom.